The summed E-state index contributed by atoms with van der Waals surface area (Å²) in [7, 11) is 0. The van der Waals surface area contributed by atoms with Crippen molar-refractivity contribution in [3.05, 3.63) is 54.0 Å². The fourth-order valence-electron chi connectivity index (χ4n) is 4.44. The maximum Gasteiger partial charge on any atom is 0.416 e. The maximum absolute atomic E-state index is 13.1. The molecule has 180 valence electrons. The second-order valence-electron chi connectivity index (χ2n) is 8.14. The van der Waals surface area contributed by atoms with Gasteiger partial charge in [-0.2, -0.15) is 13.2 Å². The molecule has 2 saturated heterocycles. The van der Waals surface area contributed by atoms with E-state index in [0.717, 1.165) is 12.1 Å². The van der Waals surface area contributed by atoms with Crippen LogP contribution in [0.5, 0.6) is 0 Å². The Morgan fingerprint density at radius 2 is 1.88 bits per heavy atom. The number of rotatable bonds is 6. The third-order valence-corrected chi connectivity index (χ3v) is 6.12. The van der Waals surface area contributed by atoms with Crippen molar-refractivity contribution in [3.63, 3.8) is 0 Å². The Labute approximate surface area is 188 Å². The molecule has 0 bridgehead atoms. The molecule has 2 aliphatic rings. The number of anilines is 1. The van der Waals surface area contributed by atoms with Crippen molar-refractivity contribution in [2.75, 3.05) is 44.2 Å². The molecule has 8 nitrogen and oxygen atoms in total. The normalized spacial score (nSPS) is 26.5. The fourth-order valence-corrected chi connectivity index (χ4v) is 4.44. The molecular weight excluding hydrogens is 443 g/mol. The van der Waals surface area contributed by atoms with Crippen LogP contribution in [-0.4, -0.2) is 84.7 Å². The molecule has 11 heteroatoms. The van der Waals surface area contributed by atoms with Gasteiger partial charge in [-0.1, -0.05) is 6.07 Å². The van der Waals surface area contributed by atoms with Crippen LogP contribution in [0.3, 0.4) is 0 Å². The summed E-state index contributed by atoms with van der Waals surface area (Å²) in [5, 5.41) is 23.0. The first-order chi connectivity index (χ1) is 15.8. The summed E-state index contributed by atoms with van der Waals surface area (Å²) >= 11 is 0. The quantitative estimate of drug-likeness (QED) is 0.588. The lowest BCUT2D eigenvalue weighted by atomic mass is 10.0. The second kappa shape index (κ2) is 9.72. The van der Waals surface area contributed by atoms with Crippen LogP contribution in [-0.2, 0) is 10.9 Å². The smallest absolute Gasteiger partial charge is 0.416 e. The first kappa shape index (κ1) is 23.6. The number of aliphatic hydroxyl groups is 2. The Morgan fingerprint density at radius 3 is 2.52 bits per heavy atom. The minimum absolute atomic E-state index is 0.103. The Hall–Kier alpha value is -2.60. The summed E-state index contributed by atoms with van der Waals surface area (Å²) < 4.78 is 50.0. The first-order valence-electron chi connectivity index (χ1n) is 10.7. The van der Waals surface area contributed by atoms with E-state index in [1.54, 1.807) is 12.1 Å². The highest BCUT2D eigenvalue weighted by Gasteiger charge is 2.47. The van der Waals surface area contributed by atoms with Gasteiger partial charge in [-0.25, -0.2) is 0 Å². The van der Waals surface area contributed by atoms with Crippen LogP contribution in [0.2, 0.25) is 0 Å². The SMILES string of the molecule is O=C(NC[C@H]1O[C@@H](CO)[C@@H](O)[C@H]1N1CCN(c2cccc(C(F)(F)F)c2)CC1)c1ccco1. The van der Waals surface area contributed by atoms with Crippen molar-refractivity contribution >= 4 is 11.6 Å². The molecule has 4 atom stereocenters. The predicted molar refractivity (Wildman–Crippen MR) is 112 cm³/mol. The molecule has 33 heavy (non-hydrogen) atoms. The largest absolute Gasteiger partial charge is 0.459 e. The molecule has 1 amide bonds. The summed E-state index contributed by atoms with van der Waals surface area (Å²) in [5.74, 6) is -0.267. The second-order valence-corrected chi connectivity index (χ2v) is 8.14. The average Bonchev–Trinajstić information content (AvgIpc) is 3.45. The van der Waals surface area contributed by atoms with Gasteiger partial charge in [-0.3, -0.25) is 9.69 Å². The van der Waals surface area contributed by atoms with Gasteiger partial charge in [0.2, 0.25) is 0 Å². The van der Waals surface area contributed by atoms with Gasteiger partial charge in [0, 0.05) is 38.4 Å². The fraction of sp³-hybridized carbons (Fsp3) is 0.500. The van der Waals surface area contributed by atoms with Crippen molar-refractivity contribution in [2.24, 2.45) is 0 Å². The number of ether oxygens (including phenoxy) is 1. The van der Waals surface area contributed by atoms with Gasteiger partial charge in [0.25, 0.3) is 5.91 Å². The van der Waals surface area contributed by atoms with Crippen molar-refractivity contribution < 1.29 is 37.3 Å². The highest BCUT2D eigenvalue weighted by molar-refractivity contribution is 5.91. The number of halogens is 3. The van der Waals surface area contributed by atoms with Crippen molar-refractivity contribution in [1.82, 2.24) is 10.2 Å². The summed E-state index contributed by atoms with van der Waals surface area (Å²) in [6, 6.07) is 7.86. The highest BCUT2D eigenvalue weighted by Crippen LogP contribution is 2.32. The number of carbonyl (C=O) groups excluding carboxylic acids is 1. The van der Waals surface area contributed by atoms with Gasteiger partial charge in [0.1, 0.15) is 12.2 Å². The lowest BCUT2D eigenvalue weighted by Gasteiger charge is -2.41. The van der Waals surface area contributed by atoms with Crippen molar-refractivity contribution in [3.8, 4) is 0 Å². The van der Waals surface area contributed by atoms with Gasteiger partial charge >= 0.3 is 6.18 Å². The molecule has 0 radical (unpaired) electrons. The van der Waals surface area contributed by atoms with Gasteiger partial charge < -0.3 is 29.6 Å². The summed E-state index contributed by atoms with van der Waals surface area (Å²) in [5.41, 5.74) is -0.205. The molecule has 2 aliphatic heterocycles. The number of alkyl halides is 3. The molecule has 0 aliphatic carbocycles. The van der Waals surface area contributed by atoms with Gasteiger partial charge in [-0.05, 0) is 30.3 Å². The van der Waals surface area contributed by atoms with E-state index >= 15 is 0 Å². The lowest BCUT2D eigenvalue weighted by molar-refractivity contribution is -0.137. The standard InChI is InChI=1S/C22H26F3N3O5/c23-22(24,25)14-3-1-4-15(11-14)27-6-8-28(9-7-27)19-17(33-18(13-29)20(19)30)12-26-21(31)16-5-2-10-32-16/h1-5,10-11,17-20,29-30H,6-9,12-13H2,(H,26,31)/t17-,18+,19+,20-/m1/s1. The Kier molecular flexibility index (Phi) is 6.94. The number of nitrogens with one attached hydrogen (secondary N) is 1. The third-order valence-electron chi connectivity index (χ3n) is 6.12. The number of carbonyl (C=O) groups is 1. The summed E-state index contributed by atoms with van der Waals surface area (Å²) in [6.45, 7) is 1.60. The number of hydrogen-bond donors (Lipinski definition) is 3. The molecule has 2 aromatic rings. The van der Waals surface area contributed by atoms with Gasteiger partial charge in [0.15, 0.2) is 5.76 Å². The number of nitrogens with zero attached hydrogens (tertiary/aromatic N) is 2. The Morgan fingerprint density at radius 1 is 1.12 bits per heavy atom. The highest BCUT2D eigenvalue weighted by atomic mass is 19.4. The number of hydrogen-bond acceptors (Lipinski definition) is 7. The zero-order chi connectivity index (χ0) is 23.6. The molecule has 0 spiro atoms. The number of amides is 1. The van der Waals surface area contributed by atoms with E-state index in [-0.39, 0.29) is 18.9 Å². The average molecular weight is 469 g/mol. The molecule has 3 N–H and O–H groups in total. The van der Waals surface area contributed by atoms with Crippen LogP contribution >= 0.6 is 0 Å². The molecule has 0 saturated carbocycles. The first-order valence-corrected chi connectivity index (χ1v) is 10.7. The maximum atomic E-state index is 13.1. The molecule has 1 aromatic carbocycles. The van der Waals surface area contributed by atoms with E-state index in [1.165, 1.54) is 18.4 Å². The molecule has 0 unspecified atom stereocenters. The number of aliphatic hydroxyl groups excluding tert-OH is 2. The van der Waals surface area contributed by atoms with E-state index < -0.39 is 42.0 Å². The van der Waals surface area contributed by atoms with Crippen molar-refractivity contribution in [1.29, 1.82) is 0 Å². The summed E-state index contributed by atoms with van der Waals surface area (Å²) in [4.78, 5) is 16.1. The zero-order valence-electron chi connectivity index (χ0n) is 17.7. The predicted octanol–water partition coefficient (Wildman–Crippen LogP) is 1.34. The minimum Gasteiger partial charge on any atom is -0.459 e. The van der Waals surface area contributed by atoms with Crippen LogP contribution in [0.25, 0.3) is 0 Å². The van der Waals surface area contributed by atoms with Crippen LogP contribution < -0.4 is 10.2 Å². The minimum atomic E-state index is -4.41. The van der Waals surface area contributed by atoms with Crippen LogP contribution in [0.15, 0.2) is 47.1 Å². The topological polar surface area (TPSA) is 98.4 Å². The monoisotopic (exact) mass is 469 g/mol. The Balaban J connectivity index is 1.40. The van der Waals surface area contributed by atoms with E-state index in [9.17, 15) is 28.2 Å². The van der Waals surface area contributed by atoms with Crippen molar-refractivity contribution in [2.45, 2.75) is 30.5 Å². The molecule has 2 fully saturated rings. The third kappa shape index (κ3) is 5.16. The van der Waals surface area contributed by atoms with E-state index in [1.807, 2.05) is 9.80 Å². The van der Waals surface area contributed by atoms with Gasteiger partial charge in [-0.15, -0.1) is 0 Å². The van der Waals surface area contributed by atoms with Crippen LogP contribution in [0.1, 0.15) is 16.1 Å². The summed E-state index contributed by atoms with van der Waals surface area (Å²) in [6.07, 6.45) is -5.35. The molecule has 1 aromatic heterocycles. The van der Waals surface area contributed by atoms with E-state index in [4.69, 9.17) is 9.15 Å². The number of furan rings is 1. The van der Waals surface area contributed by atoms with Crippen LogP contribution in [0, 0.1) is 0 Å². The zero-order valence-corrected chi connectivity index (χ0v) is 17.7. The number of benzene rings is 1. The molecular formula is C22H26F3N3O5. The van der Waals surface area contributed by atoms with Gasteiger partial charge in [0.05, 0.1) is 30.6 Å². The molecule has 4 rings (SSSR count). The van der Waals surface area contributed by atoms with Crippen LogP contribution in [0.4, 0.5) is 18.9 Å². The lowest BCUT2D eigenvalue weighted by Crippen LogP contribution is -2.57. The number of piperazine rings is 1. The van der Waals surface area contributed by atoms with E-state index in [2.05, 4.69) is 5.32 Å². The Bertz CT molecular complexity index is 932. The van der Waals surface area contributed by atoms with E-state index in [0.29, 0.717) is 31.9 Å². The molecule has 3 heterocycles.